The highest BCUT2D eigenvalue weighted by atomic mass is 14.2. The zero-order valence-corrected chi connectivity index (χ0v) is 28.6. The molecular weight excluding hydrogens is 625 g/mol. The van der Waals surface area contributed by atoms with Crippen molar-refractivity contribution in [3.05, 3.63) is 206 Å². The van der Waals surface area contributed by atoms with Gasteiger partial charge in [-0.25, -0.2) is 0 Å². The maximum atomic E-state index is 2.38. The predicted molar refractivity (Wildman–Crippen MR) is 224 cm³/mol. The van der Waals surface area contributed by atoms with Gasteiger partial charge in [0.25, 0.3) is 0 Å². The van der Waals surface area contributed by atoms with Crippen LogP contribution >= 0.6 is 0 Å². The first-order valence-corrected chi connectivity index (χ1v) is 18.0. The molecule has 10 rings (SSSR count). The number of rotatable bonds is 5. The van der Waals surface area contributed by atoms with Crippen LogP contribution in [0.3, 0.4) is 0 Å². The third-order valence-electron chi connectivity index (χ3n) is 10.7. The Morgan fingerprint density at radius 2 is 0.654 bits per heavy atom. The quantitative estimate of drug-likeness (QED) is 0.161. The van der Waals surface area contributed by atoms with E-state index in [1.165, 1.54) is 98.7 Å². The second kappa shape index (κ2) is 12.5. The van der Waals surface area contributed by atoms with E-state index in [-0.39, 0.29) is 0 Å². The highest BCUT2D eigenvalue weighted by Crippen LogP contribution is 2.46. The summed E-state index contributed by atoms with van der Waals surface area (Å²) in [6.45, 7) is 0. The van der Waals surface area contributed by atoms with Crippen LogP contribution in [0.15, 0.2) is 206 Å². The van der Waals surface area contributed by atoms with Crippen molar-refractivity contribution in [2.24, 2.45) is 0 Å². The lowest BCUT2D eigenvalue weighted by atomic mass is 9.83. The minimum absolute atomic E-state index is 1.22. The Kier molecular flexibility index (Phi) is 7.25. The molecule has 0 amide bonds. The number of hydrogen-bond acceptors (Lipinski definition) is 0. The van der Waals surface area contributed by atoms with Crippen molar-refractivity contribution >= 4 is 43.1 Å². The molecular formula is C52H34. The summed E-state index contributed by atoms with van der Waals surface area (Å²) in [5, 5.41) is 10.1. The Morgan fingerprint density at radius 3 is 1.37 bits per heavy atom. The van der Waals surface area contributed by atoms with E-state index in [4.69, 9.17) is 0 Å². The standard InChI is InChI=1S/C52H34/c1-2-13-37(14-3-1)45-18-6-7-19-46(45)52-49-22-10-8-20-47(49)51(48-21-9-11-23-50(48)52)41-32-28-36-27-31-40(33-42(36)34-41)35-25-29-39(30-26-35)44-24-12-16-38-15-4-5-17-43(38)44/h1-34H. The van der Waals surface area contributed by atoms with Crippen LogP contribution in [0.25, 0.3) is 98.7 Å². The molecule has 0 N–H and O–H groups in total. The van der Waals surface area contributed by atoms with Crippen LogP contribution in [0.4, 0.5) is 0 Å². The summed E-state index contributed by atoms with van der Waals surface area (Å²) in [6, 6.07) is 75.5. The van der Waals surface area contributed by atoms with Crippen LogP contribution in [0.2, 0.25) is 0 Å². The highest BCUT2D eigenvalue weighted by Gasteiger charge is 2.19. The average molecular weight is 659 g/mol. The first-order valence-electron chi connectivity index (χ1n) is 18.0. The van der Waals surface area contributed by atoms with E-state index in [1.807, 2.05) is 0 Å². The van der Waals surface area contributed by atoms with Crippen molar-refractivity contribution < 1.29 is 0 Å². The van der Waals surface area contributed by atoms with E-state index in [2.05, 4.69) is 206 Å². The van der Waals surface area contributed by atoms with E-state index < -0.39 is 0 Å². The smallest absolute Gasteiger partial charge is 0.00201 e. The molecule has 0 aliphatic heterocycles. The molecule has 0 aliphatic rings. The largest absolute Gasteiger partial charge is 0.0622 e. The van der Waals surface area contributed by atoms with Gasteiger partial charge in [0.2, 0.25) is 0 Å². The monoisotopic (exact) mass is 658 g/mol. The number of fused-ring (bicyclic) bond motifs is 4. The molecule has 0 radical (unpaired) electrons. The van der Waals surface area contributed by atoms with Gasteiger partial charge in [-0.3, -0.25) is 0 Å². The molecule has 0 aromatic heterocycles. The van der Waals surface area contributed by atoms with E-state index in [0.717, 1.165) is 0 Å². The Balaban J connectivity index is 1.11. The summed E-state index contributed by atoms with van der Waals surface area (Å²) < 4.78 is 0. The number of hydrogen-bond donors (Lipinski definition) is 0. The summed E-state index contributed by atoms with van der Waals surface area (Å²) >= 11 is 0. The van der Waals surface area contributed by atoms with Crippen molar-refractivity contribution in [3.8, 4) is 55.6 Å². The van der Waals surface area contributed by atoms with Crippen molar-refractivity contribution in [3.63, 3.8) is 0 Å². The van der Waals surface area contributed by atoms with Crippen LogP contribution in [0, 0.1) is 0 Å². The van der Waals surface area contributed by atoms with Gasteiger partial charge in [-0.1, -0.05) is 194 Å². The Labute approximate surface area is 303 Å². The second-order valence-corrected chi connectivity index (χ2v) is 13.6. The molecule has 0 unspecified atom stereocenters. The van der Waals surface area contributed by atoms with E-state index in [0.29, 0.717) is 0 Å². The highest BCUT2D eigenvalue weighted by molar-refractivity contribution is 6.22. The molecule has 0 aliphatic carbocycles. The van der Waals surface area contributed by atoms with E-state index in [9.17, 15) is 0 Å². The summed E-state index contributed by atoms with van der Waals surface area (Å²) in [7, 11) is 0. The lowest BCUT2D eigenvalue weighted by molar-refractivity contribution is 1.61. The maximum absolute atomic E-state index is 2.38. The molecule has 0 saturated heterocycles. The Bertz CT molecular complexity index is 2870. The minimum atomic E-state index is 1.22. The van der Waals surface area contributed by atoms with Crippen molar-refractivity contribution in [2.45, 2.75) is 0 Å². The molecule has 0 heteroatoms. The lowest BCUT2D eigenvalue weighted by Crippen LogP contribution is -1.92. The molecule has 0 atom stereocenters. The van der Waals surface area contributed by atoms with Crippen molar-refractivity contribution in [1.29, 1.82) is 0 Å². The molecule has 0 nitrogen and oxygen atoms in total. The van der Waals surface area contributed by atoms with Crippen LogP contribution in [-0.4, -0.2) is 0 Å². The van der Waals surface area contributed by atoms with Gasteiger partial charge in [0.05, 0.1) is 0 Å². The van der Waals surface area contributed by atoms with Gasteiger partial charge in [-0.2, -0.15) is 0 Å². The summed E-state index contributed by atoms with van der Waals surface area (Å²) in [5.74, 6) is 0. The van der Waals surface area contributed by atoms with Gasteiger partial charge in [0.1, 0.15) is 0 Å². The zero-order valence-electron chi connectivity index (χ0n) is 28.6. The zero-order chi connectivity index (χ0) is 34.4. The molecule has 0 heterocycles. The topological polar surface area (TPSA) is 0 Å². The fourth-order valence-corrected chi connectivity index (χ4v) is 8.20. The van der Waals surface area contributed by atoms with E-state index in [1.54, 1.807) is 0 Å². The molecule has 52 heavy (non-hydrogen) atoms. The molecule has 0 fully saturated rings. The Hall–Kier alpha value is -6.76. The summed E-state index contributed by atoms with van der Waals surface area (Å²) in [6.07, 6.45) is 0. The van der Waals surface area contributed by atoms with Crippen LogP contribution in [0.5, 0.6) is 0 Å². The van der Waals surface area contributed by atoms with Gasteiger partial charge < -0.3 is 0 Å². The normalized spacial score (nSPS) is 11.5. The predicted octanol–water partition coefficient (Wildman–Crippen LogP) is 14.6. The van der Waals surface area contributed by atoms with Gasteiger partial charge in [0.15, 0.2) is 0 Å². The molecule has 10 aromatic carbocycles. The second-order valence-electron chi connectivity index (χ2n) is 13.6. The molecule has 10 aromatic rings. The molecule has 0 bridgehead atoms. The molecule has 242 valence electrons. The van der Waals surface area contributed by atoms with Gasteiger partial charge in [-0.05, 0) is 111 Å². The first kappa shape index (κ1) is 30.1. The fraction of sp³-hybridized carbons (Fsp3) is 0. The van der Waals surface area contributed by atoms with Crippen LogP contribution < -0.4 is 0 Å². The van der Waals surface area contributed by atoms with Gasteiger partial charge >= 0.3 is 0 Å². The fourth-order valence-electron chi connectivity index (χ4n) is 8.20. The van der Waals surface area contributed by atoms with Gasteiger partial charge in [-0.15, -0.1) is 0 Å². The minimum Gasteiger partial charge on any atom is -0.0622 e. The van der Waals surface area contributed by atoms with Crippen LogP contribution in [-0.2, 0) is 0 Å². The van der Waals surface area contributed by atoms with Crippen molar-refractivity contribution in [2.75, 3.05) is 0 Å². The SMILES string of the molecule is c1ccc(-c2ccccc2-c2c3ccccc3c(-c3ccc4ccc(-c5ccc(-c6cccc7ccccc67)cc5)cc4c3)c3ccccc23)cc1. The summed E-state index contributed by atoms with van der Waals surface area (Å²) in [5.41, 5.74) is 12.4. The average Bonchev–Trinajstić information content (AvgIpc) is 3.22. The molecule has 0 spiro atoms. The van der Waals surface area contributed by atoms with Crippen molar-refractivity contribution in [1.82, 2.24) is 0 Å². The maximum Gasteiger partial charge on any atom is -0.00201 e. The first-order chi connectivity index (χ1) is 25.8. The summed E-state index contributed by atoms with van der Waals surface area (Å²) in [4.78, 5) is 0. The lowest BCUT2D eigenvalue weighted by Gasteiger charge is -2.20. The van der Waals surface area contributed by atoms with E-state index >= 15 is 0 Å². The third-order valence-corrected chi connectivity index (χ3v) is 10.7. The Morgan fingerprint density at radius 1 is 0.192 bits per heavy atom. The number of benzene rings is 10. The van der Waals surface area contributed by atoms with Crippen LogP contribution in [0.1, 0.15) is 0 Å². The third kappa shape index (κ3) is 5.08. The van der Waals surface area contributed by atoms with Gasteiger partial charge in [0, 0.05) is 0 Å². The molecule has 0 saturated carbocycles.